The Morgan fingerprint density at radius 3 is 2.28 bits per heavy atom. The molecule has 0 heterocycles. The molecular weight excluding hydrogens is 364 g/mol. The van der Waals surface area contributed by atoms with Crippen molar-refractivity contribution in [1.29, 1.82) is 0 Å². The molecule has 2 aliphatic rings. The molecule has 0 saturated heterocycles. The van der Waals surface area contributed by atoms with Crippen LogP contribution in [0.4, 0.5) is 5.69 Å². The maximum Gasteiger partial charge on any atom is 0.306 e. The number of nitrogens with one attached hydrogen (secondary N) is 2. The average molecular weight is 392 g/mol. The van der Waals surface area contributed by atoms with Crippen LogP contribution in [-0.4, -0.2) is 29.6 Å². The Balaban J connectivity index is 1.22. The van der Waals surface area contributed by atoms with E-state index in [9.17, 15) is 9.59 Å². The first-order valence-corrected chi connectivity index (χ1v) is 10.5. The molecule has 2 saturated carbocycles. The van der Waals surface area contributed by atoms with Crippen LogP contribution in [0.15, 0.2) is 54.6 Å². The van der Waals surface area contributed by atoms with Gasteiger partial charge in [-0.25, -0.2) is 0 Å². The lowest BCUT2D eigenvalue weighted by atomic mass is 9.82. The predicted molar refractivity (Wildman–Crippen MR) is 113 cm³/mol. The molecular formula is C24H28N2O3. The standard InChI is InChI=1S/C24H28N2O3/c27-23(18-4-2-1-3-5-18)26-20-12-10-17(11-13-20)21-14-22(21)25-15-16-6-8-19(9-7-16)24(28)29/h1-5,10-13,16,19,21-22,25H,6-9,14-15H2,(H,26,27)(H,28,29)/t16-,19-,21-,22+/m0/s1. The number of carboxylic acid groups (broad SMARTS) is 1. The van der Waals surface area contributed by atoms with E-state index in [4.69, 9.17) is 5.11 Å². The van der Waals surface area contributed by atoms with Gasteiger partial charge in [0.2, 0.25) is 0 Å². The Kier molecular flexibility index (Phi) is 5.95. The number of hydrogen-bond donors (Lipinski definition) is 3. The van der Waals surface area contributed by atoms with Gasteiger partial charge in [-0.15, -0.1) is 0 Å². The lowest BCUT2D eigenvalue weighted by Crippen LogP contribution is -2.30. The molecule has 0 spiro atoms. The van der Waals surface area contributed by atoms with Crippen molar-refractivity contribution >= 4 is 17.6 Å². The highest BCUT2D eigenvalue weighted by Gasteiger charge is 2.38. The molecule has 29 heavy (non-hydrogen) atoms. The molecule has 152 valence electrons. The summed E-state index contributed by atoms with van der Waals surface area (Å²) in [5.41, 5.74) is 2.76. The van der Waals surface area contributed by atoms with E-state index in [0.29, 0.717) is 23.4 Å². The summed E-state index contributed by atoms with van der Waals surface area (Å²) in [5.74, 6) is 0.261. The lowest BCUT2D eigenvalue weighted by Gasteiger charge is -2.26. The molecule has 2 aliphatic carbocycles. The number of benzene rings is 2. The summed E-state index contributed by atoms with van der Waals surface area (Å²) in [5, 5.41) is 15.7. The maximum atomic E-state index is 12.2. The minimum atomic E-state index is -0.637. The SMILES string of the molecule is O=C(Nc1ccc([C@@H]2C[C@H]2NC[C@H]2CC[C@H](C(=O)O)CC2)cc1)c1ccccc1. The van der Waals surface area contributed by atoms with Gasteiger partial charge in [-0.1, -0.05) is 30.3 Å². The molecule has 4 rings (SSSR count). The van der Waals surface area contributed by atoms with Crippen LogP contribution in [0.2, 0.25) is 0 Å². The van der Waals surface area contributed by atoms with Crippen molar-refractivity contribution in [2.24, 2.45) is 11.8 Å². The van der Waals surface area contributed by atoms with Gasteiger partial charge in [0.1, 0.15) is 0 Å². The molecule has 5 nitrogen and oxygen atoms in total. The molecule has 2 fully saturated rings. The second-order valence-corrected chi connectivity index (χ2v) is 8.35. The zero-order valence-corrected chi connectivity index (χ0v) is 16.5. The van der Waals surface area contributed by atoms with Gasteiger partial charge in [0.15, 0.2) is 0 Å². The van der Waals surface area contributed by atoms with Crippen LogP contribution in [0.1, 0.15) is 53.9 Å². The Morgan fingerprint density at radius 2 is 1.62 bits per heavy atom. The van der Waals surface area contributed by atoms with Crippen molar-refractivity contribution in [1.82, 2.24) is 5.32 Å². The third-order valence-corrected chi connectivity index (χ3v) is 6.29. The van der Waals surface area contributed by atoms with E-state index in [0.717, 1.165) is 44.3 Å². The Morgan fingerprint density at radius 1 is 0.931 bits per heavy atom. The van der Waals surface area contributed by atoms with E-state index in [2.05, 4.69) is 22.8 Å². The van der Waals surface area contributed by atoms with E-state index in [1.165, 1.54) is 5.56 Å². The third-order valence-electron chi connectivity index (χ3n) is 6.29. The summed E-state index contributed by atoms with van der Waals surface area (Å²) in [6.07, 6.45) is 4.78. The minimum Gasteiger partial charge on any atom is -0.481 e. The van der Waals surface area contributed by atoms with Crippen LogP contribution < -0.4 is 10.6 Å². The third kappa shape index (κ3) is 5.04. The van der Waals surface area contributed by atoms with Gasteiger partial charge in [-0.2, -0.15) is 0 Å². The summed E-state index contributed by atoms with van der Waals surface area (Å²) < 4.78 is 0. The monoisotopic (exact) mass is 392 g/mol. The van der Waals surface area contributed by atoms with E-state index in [-0.39, 0.29) is 11.8 Å². The van der Waals surface area contributed by atoms with Crippen molar-refractivity contribution in [2.75, 3.05) is 11.9 Å². The lowest BCUT2D eigenvalue weighted by molar-refractivity contribution is -0.143. The second kappa shape index (κ2) is 8.78. The molecule has 0 unspecified atom stereocenters. The van der Waals surface area contributed by atoms with Gasteiger partial charge >= 0.3 is 5.97 Å². The fraction of sp³-hybridized carbons (Fsp3) is 0.417. The Labute approximate surface area is 171 Å². The van der Waals surface area contributed by atoms with Gasteiger partial charge in [0.05, 0.1) is 5.92 Å². The average Bonchev–Trinajstić information content (AvgIpc) is 3.53. The molecule has 0 aliphatic heterocycles. The highest BCUT2D eigenvalue weighted by Crippen LogP contribution is 2.41. The fourth-order valence-corrected chi connectivity index (χ4v) is 4.33. The van der Waals surface area contributed by atoms with E-state index < -0.39 is 5.97 Å². The van der Waals surface area contributed by atoms with Crippen molar-refractivity contribution in [2.45, 2.75) is 44.1 Å². The van der Waals surface area contributed by atoms with Gasteiger partial charge in [-0.05, 0) is 74.4 Å². The quantitative estimate of drug-likeness (QED) is 0.657. The number of anilines is 1. The molecule has 2 aromatic carbocycles. The second-order valence-electron chi connectivity index (χ2n) is 8.35. The summed E-state index contributed by atoms with van der Waals surface area (Å²) in [4.78, 5) is 23.3. The normalized spacial score (nSPS) is 25.9. The smallest absolute Gasteiger partial charge is 0.306 e. The number of carboxylic acids is 1. The zero-order valence-electron chi connectivity index (χ0n) is 16.5. The minimum absolute atomic E-state index is 0.0954. The van der Waals surface area contributed by atoms with Crippen LogP contribution in [0, 0.1) is 11.8 Å². The van der Waals surface area contributed by atoms with Crippen LogP contribution >= 0.6 is 0 Å². The molecule has 3 N–H and O–H groups in total. The molecule has 2 atom stereocenters. The van der Waals surface area contributed by atoms with Crippen molar-refractivity contribution in [3.05, 3.63) is 65.7 Å². The van der Waals surface area contributed by atoms with Gasteiger partial charge in [0, 0.05) is 23.2 Å². The predicted octanol–water partition coefficient (Wildman–Crippen LogP) is 4.28. The van der Waals surface area contributed by atoms with Crippen LogP contribution in [0.25, 0.3) is 0 Å². The Bertz CT molecular complexity index is 842. The van der Waals surface area contributed by atoms with Crippen LogP contribution in [0.3, 0.4) is 0 Å². The first-order chi connectivity index (χ1) is 14.1. The van der Waals surface area contributed by atoms with Crippen molar-refractivity contribution in [3.63, 3.8) is 0 Å². The maximum absolute atomic E-state index is 12.2. The molecule has 5 heteroatoms. The number of aliphatic carboxylic acids is 1. The number of rotatable bonds is 7. The number of carbonyl (C=O) groups is 2. The molecule has 2 aromatic rings. The van der Waals surface area contributed by atoms with Crippen molar-refractivity contribution in [3.8, 4) is 0 Å². The summed E-state index contributed by atoms with van der Waals surface area (Å²) in [7, 11) is 0. The molecule has 0 bridgehead atoms. The highest BCUT2D eigenvalue weighted by molar-refractivity contribution is 6.04. The summed E-state index contributed by atoms with van der Waals surface area (Å²) in [6, 6.07) is 17.9. The van der Waals surface area contributed by atoms with E-state index >= 15 is 0 Å². The largest absolute Gasteiger partial charge is 0.481 e. The number of amides is 1. The first kappa shape index (κ1) is 19.6. The number of carbonyl (C=O) groups excluding carboxylic acids is 1. The first-order valence-electron chi connectivity index (χ1n) is 10.5. The molecule has 1 amide bonds. The van der Waals surface area contributed by atoms with Crippen LogP contribution in [0.5, 0.6) is 0 Å². The van der Waals surface area contributed by atoms with Gasteiger partial charge < -0.3 is 15.7 Å². The van der Waals surface area contributed by atoms with Gasteiger partial charge in [-0.3, -0.25) is 9.59 Å². The fourth-order valence-electron chi connectivity index (χ4n) is 4.33. The number of hydrogen-bond acceptors (Lipinski definition) is 3. The zero-order chi connectivity index (χ0) is 20.2. The van der Waals surface area contributed by atoms with Crippen molar-refractivity contribution < 1.29 is 14.7 Å². The summed E-state index contributed by atoms with van der Waals surface area (Å²) >= 11 is 0. The van der Waals surface area contributed by atoms with Crippen LogP contribution in [-0.2, 0) is 4.79 Å². The highest BCUT2D eigenvalue weighted by atomic mass is 16.4. The molecule has 0 aromatic heterocycles. The topological polar surface area (TPSA) is 78.4 Å². The van der Waals surface area contributed by atoms with E-state index in [1.54, 1.807) is 12.1 Å². The summed E-state index contributed by atoms with van der Waals surface area (Å²) in [6.45, 7) is 0.985. The molecule has 0 radical (unpaired) electrons. The van der Waals surface area contributed by atoms with E-state index in [1.807, 2.05) is 30.3 Å². The van der Waals surface area contributed by atoms with Gasteiger partial charge in [0.25, 0.3) is 5.91 Å². The Hall–Kier alpha value is -2.66.